The molecule has 0 amide bonds. The first-order valence-corrected chi connectivity index (χ1v) is 8.29. The maximum Gasteiger partial charge on any atom is 0.339 e. The van der Waals surface area contributed by atoms with Crippen molar-refractivity contribution in [3.8, 4) is 11.5 Å². The molecule has 0 spiro atoms. The average Bonchev–Trinajstić information content (AvgIpc) is 2.66. The number of para-hydroxylation sites is 2. The van der Waals surface area contributed by atoms with Crippen LogP contribution in [0.25, 0.3) is 0 Å². The number of hydrogen-bond acceptors (Lipinski definition) is 6. The molecule has 0 atom stereocenters. The highest BCUT2D eigenvalue weighted by molar-refractivity contribution is 5.92. The SMILES string of the molecule is O=Cc1ccccc1OC(=O)CCCCC(=O)Oc1ccccc1C(=O)O. The maximum absolute atomic E-state index is 11.8. The highest BCUT2D eigenvalue weighted by Crippen LogP contribution is 2.19. The molecule has 7 heteroatoms. The van der Waals surface area contributed by atoms with E-state index in [4.69, 9.17) is 14.6 Å². The van der Waals surface area contributed by atoms with E-state index in [1.165, 1.54) is 24.3 Å². The van der Waals surface area contributed by atoms with Crippen LogP contribution in [0.4, 0.5) is 0 Å². The van der Waals surface area contributed by atoms with E-state index in [-0.39, 0.29) is 35.5 Å². The molecular weight excluding hydrogens is 352 g/mol. The Balaban J connectivity index is 1.75. The summed E-state index contributed by atoms with van der Waals surface area (Å²) in [6.45, 7) is 0. The van der Waals surface area contributed by atoms with Crippen LogP contribution in [0.15, 0.2) is 48.5 Å². The maximum atomic E-state index is 11.8. The third-order valence-electron chi connectivity index (χ3n) is 3.62. The van der Waals surface area contributed by atoms with Crippen molar-refractivity contribution in [1.82, 2.24) is 0 Å². The van der Waals surface area contributed by atoms with Crippen LogP contribution in [0.1, 0.15) is 46.4 Å². The predicted molar refractivity (Wildman–Crippen MR) is 95.0 cm³/mol. The van der Waals surface area contributed by atoms with E-state index in [9.17, 15) is 19.2 Å². The van der Waals surface area contributed by atoms with Gasteiger partial charge in [-0.1, -0.05) is 24.3 Å². The number of hydrogen-bond donors (Lipinski definition) is 1. The van der Waals surface area contributed by atoms with Gasteiger partial charge in [-0.3, -0.25) is 14.4 Å². The lowest BCUT2D eigenvalue weighted by Crippen LogP contribution is -2.12. The van der Waals surface area contributed by atoms with Gasteiger partial charge < -0.3 is 14.6 Å². The molecule has 0 heterocycles. The molecule has 27 heavy (non-hydrogen) atoms. The standard InChI is InChI=1S/C20H18O7/c21-13-14-7-1-3-9-16(14)26-18(22)11-5-6-12-19(23)27-17-10-4-2-8-15(17)20(24)25/h1-4,7-10,13H,5-6,11-12H2,(H,24,25). The zero-order chi connectivity index (χ0) is 19.6. The molecule has 0 saturated carbocycles. The van der Waals surface area contributed by atoms with E-state index >= 15 is 0 Å². The van der Waals surface area contributed by atoms with Crippen molar-refractivity contribution < 1.29 is 33.8 Å². The number of esters is 2. The molecule has 0 aromatic heterocycles. The lowest BCUT2D eigenvalue weighted by atomic mass is 10.2. The summed E-state index contributed by atoms with van der Waals surface area (Å²) in [5.41, 5.74) is 0.190. The molecular formula is C20H18O7. The number of carboxylic acid groups (broad SMARTS) is 1. The molecule has 140 valence electrons. The van der Waals surface area contributed by atoms with Crippen LogP contribution in [-0.4, -0.2) is 29.3 Å². The van der Waals surface area contributed by atoms with E-state index in [2.05, 4.69) is 0 Å². The van der Waals surface area contributed by atoms with Gasteiger partial charge in [0, 0.05) is 12.8 Å². The van der Waals surface area contributed by atoms with Crippen molar-refractivity contribution in [2.75, 3.05) is 0 Å². The highest BCUT2D eigenvalue weighted by Gasteiger charge is 2.14. The molecule has 2 aromatic carbocycles. The van der Waals surface area contributed by atoms with Crippen LogP contribution in [0.5, 0.6) is 11.5 Å². The summed E-state index contributed by atoms with van der Waals surface area (Å²) in [4.78, 5) is 45.6. The molecule has 0 bridgehead atoms. The van der Waals surface area contributed by atoms with Crippen LogP contribution in [0.2, 0.25) is 0 Å². The smallest absolute Gasteiger partial charge is 0.339 e. The van der Waals surface area contributed by atoms with E-state index in [1.807, 2.05) is 0 Å². The molecule has 0 saturated heterocycles. The molecule has 0 aliphatic rings. The number of benzene rings is 2. The average molecular weight is 370 g/mol. The van der Waals surface area contributed by atoms with Gasteiger partial charge in [-0.05, 0) is 37.1 Å². The quantitative estimate of drug-likeness (QED) is 0.312. The summed E-state index contributed by atoms with van der Waals surface area (Å²) in [5, 5.41) is 9.05. The lowest BCUT2D eigenvalue weighted by molar-refractivity contribution is -0.136. The third-order valence-corrected chi connectivity index (χ3v) is 3.62. The zero-order valence-corrected chi connectivity index (χ0v) is 14.4. The van der Waals surface area contributed by atoms with Gasteiger partial charge in [0.15, 0.2) is 6.29 Å². The van der Waals surface area contributed by atoms with Crippen LogP contribution in [-0.2, 0) is 9.59 Å². The second-order valence-electron chi connectivity index (χ2n) is 5.61. The Kier molecular flexibility index (Phi) is 7.25. The van der Waals surface area contributed by atoms with Crippen LogP contribution < -0.4 is 9.47 Å². The number of ether oxygens (including phenoxy) is 2. The van der Waals surface area contributed by atoms with Gasteiger partial charge in [-0.25, -0.2) is 4.79 Å². The summed E-state index contributed by atoms with van der Waals surface area (Å²) in [5.74, 6) is -2.09. The fourth-order valence-electron chi connectivity index (χ4n) is 2.29. The number of rotatable bonds is 9. The number of carboxylic acids is 1. The van der Waals surface area contributed by atoms with Gasteiger partial charge in [0.05, 0.1) is 5.56 Å². The van der Waals surface area contributed by atoms with Crippen molar-refractivity contribution in [3.63, 3.8) is 0 Å². The molecule has 0 aliphatic heterocycles. The second-order valence-corrected chi connectivity index (χ2v) is 5.61. The van der Waals surface area contributed by atoms with Gasteiger partial charge in [0.2, 0.25) is 0 Å². The van der Waals surface area contributed by atoms with E-state index in [1.54, 1.807) is 24.3 Å². The predicted octanol–water partition coefficient (Wildman–Crippen LogP) is 3.27. The molecule has 2 aromatic rings. The molecule has 1 N–H and O–H groups in total. The topological polar surface area (TPSA) is 107 Å². The van der Waals surface area contributed by atoms with Crippen molar-refractivity contribution >= 4 is 24.2 Å². The summed E-state index contributed by atoms with van der Waals surface area (Å²) in [6, 6.07) is 12.2. The Bertz CT molecular complexity index is 842. The molecule has 2 rings (SSSR count). The first-order chi connectivity index (χ1) is 13.0. The van der Waals surface area contributed by atoms with Crippen molar-refractivity contribution in [2.24, 2.45) is 0 Å². The summed E-state index contributed by atoms with van der Waals surface area (Å²) >= 11 is 0. The van der Waals surface area contributed by atoms with Crippen LogP contribution in [0.3, 0.4) is 0 Å². The molecule has 0 fully saturated rings. The van der Waals surface area contributed by atoms with E-state index in [0.29, 0.717) is 19.1 Å². The van der Waals surface area contributed by atoms with Gasteiger partial charge in [0.1, 0.15) is 17.1 Å². The highest BCUT2D eigenvalue weighted by atomic mass is 16.5. The summed E-state index contributed by atoms with van der Waals surface area (Å²) in [6.07, 6.45) is 1.47. The third kappa shape index (κ3) is 6.07. The monoisotopic (exact) mass is 370 g/mol. The number of carbonyl (C=O) groups is 4. The Morgan fingerprint density at radius 3 is 1.93 bits per heavy atom. The Morgan fingerprint density at radius 2 is 1.33 bits per heavy atom. The Labute approximate surface area is 155 Å². The summed E-state index contributed by atoms with van der Waals surface area (Å²) < 4.78 is 10.2. The largest absolute Gasteiger partial charge is 0.478 e. The van der Waals surface area contributed by atoms with E-state index < -0.39 is 17.9 Å². The first kappa shape index (κ1) is 19.8. The van der Waals surface area contributed by atoms with Gasteiger partial charge in [-0.2, -0.15) is 0 Å². The molecule has 7 nitrogen and oxygen atoms in total. The molecule has 0 unspecified atom stereocenters. The van der Waals surface area contributed by atoms with Crippen molar-refractivity contribution in [2.45, 2.75) is 25.7 Å². The minimum atomic E-state index is -1.18. The van der Waals surface area contributed by atoms with E-state index in [0.717, 1.165) is 0 Å². The fourth-order valence-corrected chi connectivity index (χ4v) is 2.29. The minimum Gasteiger partial charge on any atom is -0.478 e. The van der Waals surface area contributed by atoms with Gasteiger partial charge >= 0.3 is 17.9 Å². The first-order valence-electron chi connectivity index (χ1n) is 8.29. The second kappa shape index (κ2) is 9.86. The number of aldehydes is 1. The normalized spacial score (nSPS) is 10.1. The Morgan fingerprint density at radius 1 is 0.815 bits per heavy atom. The number of carbonyl (C=O) groups excluding carboxylic acids is 3. The van der Waals surface area contributed by atoms with Crippen molar-refractivity contribution in [3.05, 3.63) is 59.7 Å². The summed E-state index contributed by atoms with van der Waals surface area (Å²) in [7, 11) is 0. The van der Waals surface area contributed by atoms with Gasteiger partial charge in [-0.15, -0.1) is 0 Å². The number of unbranched alkanes of at least 4 members (excludes halogenated alkanes) is 1. The lowest BCUT2D eigenvalue weighted by Gasteiger charge is -2.08. The van der Waals surface area contributed by atoms with Crippen LogP contribution in [0, 0.1) is 0 Å². The zero-order valence-electron chi connectivity index (χ0n) is 14.4. The van der Waals surface area contributed by atoms with Crippen molar-refractivity contribution in [1.29, 1.82) is 0 Å². The fraction of sp³-hybridized carbons (Fsp3) is 0.200. The molecule has 0 aliphatic carbocycles. The minimum absolute atomic E-state index is 0.0140. The van der Waals surface area contributed by atoms with Crippen LogP contribution >= 0.6 is 0 Å². The molecule has 0 radical (unpaired) electrons. The Hall–Kier alpha value is -3.48. The van der Waals surface area contributed by atoms with Gasteiger partial charge in [0.25, 0.3) is 0 Å². The number of aromatic carboxylic acids is 1.